The van der Waals surface area contributed by atoms with Crippen LogP contribution in [0.4, 0.5) is 5.82 Å². The maximum Gasteiger partial charge on any atom is 0.328 e. The van der Waals surface area contributed by atoms with Crippen molar-refractivity contribution in [1.82, 2.24) is 4.98 Å². The molecule has 0 amide bonds. The molecule has 1 N–H and O–H groups in total. The van der Waals surface area contributed by atoms with Crippen LogP contribution in [0.2, 0.25) is 0 Å². The average Bonchev–Trinajstić information content (AvgIpc) is 2.46. The Morgan fingerprint density at radius 2 is 2.11 bits per heavy atom. The number of rotatable bonds is 4. The number of carboxylic acids is 1. The summed E-state index contributed by atoms with van der Waals surface area (Å²) in [5.41, 5.74) is 0.809. The van der Waals surface area contributed by atoms with Crippen LogP contribution >= 0.6 is 0 Å². The van der Waals surface area contributed by atoms with Gasteiger partial charge in [0.1, 0.15) is 5.82 Å². The maximum atomic E-state index is 10.4. The molecule has 2 rings (SSSR count). The van der Waals surface area contributed by atoms with Gasteiger partial charge < -0.3 is 10.0 Å². The first-order valence-corrected chi connectivity index (χ1v) is 6.77. The number of anilines is 1. The van der Waals surface area contributed by atoms with Crippen LogP contribution in [0.3, 0.4) is 0 Å². The Bertz CT molecular complexity index is 448. The highest BCUT2D eigenvalue weighted by Gasteiger charge is 2.18. The van der Waals surface area contributed by atoms with Crippen molar-refractivity contribution in [3.8, 4) is 0 Å². The molecule has 0 aliphatic heterocycles. The number of hydrogen-bond donors (Lipinski definition) is 1. The van der Waals surface area contributed by atoms with E-state index in [1.54, 1.807) is 12.3 Å². The first-order valence-electron chi connectivity index (χ1n) is 6.77. The van der Waals surface area contributed by atoms with Gasteiger partial charge in [-0.3, -0.25) is 0 Å². The Labute approximate surface area is 113 Å². The molecule has 0 unspecified atom stereocenters. The molecule has 1 aromatic heterocycles. The Morgan fingerprint density at radius 3 is 2.68 bits per heavy atom. The summed E-state index contributed by atoms with van der Waals surface area (Å²) >= 11 is 0. The molecule has 0 bridgehead atoms. The largest absolute Gasteiger partial charge is 0.478 e. The minimum absolute atomic E-state index is 0.585. The number of nitrogens with zero attached hydrogens (tertiary/aromatic N) is 2. The summed E-state index contributed by atoms with van der Waals surface area (Å²) in [5, 5.41) is 8.57. The third kappa shape index (κ3) is 3.81. The van der Waals surface area contributed by atoms with Crippen LogP contribution in [-0.2, 0) is 4.79 Å². The van der Waals surface area contributed by atoms with Crippen molar-refractivity contribution in [3.05, 3.63) is 30.0 Å². The van der Waals surface area contributed by atoms with Crippen LogP contribution < -0.4 is 4.90 Å². The second kappa shape index (κ2) is 6.36. The maximum absolute atomic E-state index is 10.4. The Hall–Kier alpha value is -1.84. The van der Waals surface area contributed by atoms with Crippen LogP contribution in [0, 0.1) is 0 Å². The second-order valence-corrected chi connectivity index (χ2v) is 5.02. The molecule has 1 aliphatic carbocycles. The van der Waals surface area contributed by atoms with Gasteiger partial charge in [-0.1, -0.05) is 19.3 Å². The second-order valence-electron chi connectivity index (χ2n) is 5.02. The van der Waals surface area contributed by atoms with Crippen molar-refractivity contribution in [2.75, 3.05) is 11.9 Å². The lowest BCUT2D eigenvalue weighted by molar-refractivity contribution is -0.131. The van der Waals surface area contributed by atoms with Gasteiger partial charge in [0.15, 0.2) is 0 Å². The lowest BCUT2D eigenvalue weighted by atomic mass is 9.94. The van der Waals surface area contributed by atoms with E-state index >= 15 is 0 Å². The zero-order valence-electron chi connectivity index (χ0n) is 11.2. The Kier molecular flexibility index (Phi) is 4.55. The molecule has 0 spiro atoms. The SMILES string of the molecule is CN(c1ccc(/C=C/C(=O)O)cn1)C1CCCCC1. The van der Waals surface area contributed by atoms with Crippen LogP contribution in [0.15, 0.2) is 24.4 Å². The monoisotopic (exact) mass is 260 g/mol. The summed E-state index contributed by atoms with van der Waals surface area (Å²) in [6.07, 6.45) is 10.8. The average molecular weight is 260 g/mol. The number of hydrogen-bond acceptors (Lipinski definition) is 3. The number of carboxylic acid groups (broad SMARTS) is 1. The molecule has 102 valence electrons. The van der Waals surface area contributed by atoms with E-state index < -0.39 is 5.97 Å². The number of pyridine rings is 1. The number of aliphatic carboxylic acids is 1. The molecule has 1 heterocycles. The smallest absolute Gasteiger partial charge is 0.328 e. The van der Waals surface area contributed by atoms with E-state index in [-0.39, 0.29) is 0 Å². The highest BCUT2D eigenvalue weighted by molar-refractivity contribution is 5.85. The van der Waals surface area contributed by atoms with Crippen LogP contribution in [0.1, 0.15) is 37.7 Å². The molecule has 1 aromatic rings. The summed E-state index contributed by atoms with van der Waals surface area (Å²) in [6, 6.07) is 4.44. The fraction of sp³-hybridized carbons (Fsp3) is 0.467. The molecule has 1 aliphatic rings. The Balaban J connectivity index is 2.02. The zero-order valence-corrected chi connectivity index (χ0v) is 11.2. The van der Waals surface area contributed by atoms with Crippen LogP contribution in [0.25, 0.3) is 6.08 Å². The highest BCUT2D eigenvalue weighted by atomic mass is 16.4. The number of carbonyl (C=O) groups is 1. The first-order chi connectivity index (χ1) is 9.16. The van der Waals surface area contributed by atoms with E-state index in [1.165, 1.54) is 32.1 Å². The van der Waals surface area contributed by atoms with Gasteiger partial charge in [0.2, 0.25) is 0 Å². The quantitative estimate of drug-likeness (QED) is 0.846. The van der Waals surface area contributed by atoms with Crippen molar-refractivity contribution >= 4 is 17.9 Å². The summed E-state index contributed by atoms with van der Waals surface area (Å²) in [7, 11) is 2.09. The van der Waals surface area contributed by atoms with E-state index in [0.29, 0.717) is 6.04 Å². The molecule has 0 atom stereocenters. The van der Waals surface area contributed by atoms with Crippen molar-refractivity contribution in [2.45, 2.75) is 38.1 Å². The molecule has 1 fully saturated rings. The van der Waals surface area contributed by atoms with Crippen LogP contribution in [0.5, 0.6) is 0 Å². The minimum atomic E-state index is -0.941. The summed E-state index contributed by atoms with van der Waals surface area (Å²) in [6.45, 7) is 0. The molecule has 0 saturated heterocycles. The van der Waals surface area contributed by atoms with Gasteiger partial charge in [-0.15, -0.1) is 0 Å². The molecule has 1 saturated carbocycles. The van der Waals surface area contributed by atoms with Gasteiger partial charge in [-0.25, -0.2) is 9.78 Å². The standard InChI is InChI=1S/C15H20N2O2/c1-17(13-5-3-2-4-6-13)14-9-7-12(11-16-14)8-10-15(18)19/h7-11,13H,2-6H2,1H3,(H,18,19)/b10-8+. The Morgan fingerprint density at radius 1 is 1.37 bits per heavy atom. The van der Waals surface area contributed by atoms with Crippen molar-refractivity contribution < 1.29 is 9.90 Å². The van der Waals surface area contributed by atoms with E-state index in [0.717, 1.165) is 17.5 Å². The lowest BCUT2D eigenvalue weighted by Crippen LogP contribution is -2.33. The van der Waals surface area contributed by atoms with Gasteiger partial charge in [-0.05, 0) is 36.6 Å². The predicted octanol–water partition coefficient (Wildman–Crippen LogP) is 2.95. The van der Waals surface area contributed by atoms with E-state index in [4.69, 9.17) is 5.11 Å². The van der Waals surface area contributed by atoms with Crippen molar-refractivity contribution in [3.63, 3.8) is 0 Å². The van der Waals surface area contributed by atoms with Gasteiger partial charge in [-0.2, -0.15) is 0 Å². The fourth-order valence-corrected chi connectivity index (χ4v) is 2.53. The van der Waals surface area contributed by atoms with E-state index in [9.17, 15) is 4.79 Å². The van der Waals surface area contributed by atoms with Gasteiger partial charge in [0, 0.05) is 25.4 Å². The molecule has 4 nitrogen and oxygen atoms in total. The molecular weight excluding hydrogens is 240 g/mol. The normalized spacial score (nSPS) is 16.7. The van der Waals surface area contributed by atoms with E-state index in [1.807, 2.05) is 12.1 Å². The summed E-state index contributed by atoms with van der Waals surface area (Å²) in [5.74, 6) is 0.0165. The summed E-state index contributed by atoms with van der Waals surface area (Å²) in [4.78, 5) is 17.1. The van der Waals surface area contributed by atoms with Gasteiger partial charge in [0.25, 0.3) is 0 Å². The zero-order chi connectivity index (χ0) is 13.7. The molecule has 0 radical (unpaired) electrons. The van der Waals surface area contributed by atoms with Gasteiger partial charge in [0.05, 0.1) is 0 Å². The molecule has 4 heteroatoms. The van der Waals surface area contributed by atoms with E-state index in [2.05, 4.69) is 16.9 Å². The topological polar surface area (TPSA) is 53.4 Å². The molecule has 0 aromatic carbocycles. The molecular formula is C15H20N2O2. The first kappa shape index (κ1) is 13.6. The van der Waals surface area contributed by atoms with Crippen molar-refractivity contribution in [2.24, 2.45) is 0 Å². The minimum Gasteiger partial charge on any atom is -0.478 e. The highest BCUT2D eigenvalue weighted by Crippen LogP contribution is 2.24. The third-order valence-corrected chi connectivity index (χ3v) is 3.67. The third-order valence-electron chi connectivity index (χ3n) is 3.67. The fourth-order valence-electron chi connectivity index (χ4n) is 2.53. The summed E-state index contributed by atoms with van der Waals surface area (Å²) < 4.78 is 0. The molecule has 19 heavy (non-hydrogen) atoms. The number of aromatic nitrogens is 1. The van der Waals surface area contributed by atoms with Gasteiger partial charge >= 0.3 is 5.97 Å². The van der Waals surface area contributed by atoms with Crippen LogP contribution in [-0.4, -0.2) is 29.1 Å². The van der Waals surface area contributed by atoms with Crippen molar-refractivity contribution in [1.29, 1.82) is 0 Å². The lowest BCUT2D eigenvalue weighted by Gasteiger charge is -2.32. The predicted molar refractivity (Wildman–Crippen MR) is 76.2 cm³/mol.